The third-order valence-corrected chi connectivity index (χ3v) is 6.11. The van der Waals surface area contributed by atoms with Crippen LogP contribution < -0.4 is 0 Å². The van der Waals surface area contributed by atoms with Crippen LogP contribution in [0.25, 0.3) is 0 Å². The second-order valence-corrected chi connectivity index (χ2v) is 9.27. The van der Waals surface area contributed by atoms with Crippen molar-refractivity contribution in [3.05, 3.63) is 35.6 Å². The molecule has 0 aromatic heterocycles. The molecule has 192 valence electrons. The van der Waals surface area contributed by atoms with Crippen LogP contribution in [-0.2, 0) is 20.6 Å². The zero-order valence-electron chi connectivity index (χ0n) is 22.0. The summed E-state index contributed by atoms with van der Waals surface area (Å²) in [6, 6.07) is 6.90. The van der Waals surface area contributed by atoms with E-state index in [1.807, 2.05) is 12.1 Å². The summed E-state index contributed by atoms with van der Waals surface area (Å²) in [7, 11) is 0. The Morgan fingerprint density at radius 3 is 1.64 bits per heavy atom. The zero-order valence-corrected chi connectivity index (χ0v) is 22.0. The minimum atomic E-state index is -0.929. The summed E-state index contributed by atoms with van der Waals surface area (Å²) >= 11 is 0. The first-order valence-corrected chi connectivity index (χ1v) is 13.8. The number of hydrogen-bond acceptors (Lipinski definition) is 3. The Hall–Kier alpha value is -0.970. The lowest BCUT2D eigenvalue weighted by Crippen LogP contribution is -2.47. The van der Waals surface area contributed by atoms with Crippen LogP contribution in [0.15, 0.2) is 24.3 Å². The minimum absolute atomic E-state index is 0.170. The Kier molecular flexibility index (Phi) is 17.6. The van der Waals surface area contributed by atoms with Gasteiger partial charge < -0.3 is 14.2 Å². The van der Waals surface area contributed by atoms with Crippen molar-refractivity contribution >= 4 is 0 Å². The third-order valence-electron chi connectivity index (χ3n) is 6.11. The van der Waals surface area contributed by atoms with Crippen LogP contribution in [-0.4, -0.2) is 25.8 Å². The summed E-state index contributed by atoms with van der Waals surface area (Å²) in [5, 5.41) is 0. The van der Waals surface area contributed by atoms with Crippen molar-refractivity contribution in [2.75, 3.05) is 19.8 Å². The van der Waals surface area contributed by atoms with Gasteiger partial charge in [-0.25, -0.2) is 4.39 Å². The van der Waals surface area contributed by atoms with E-state index in [9.17, 15) is 4.39 Å². The van der Waals surface area contributed by atoms with E-state index < -0.39 is 5.97 Å². The molecule has 0 amide bonds. The normalized spacial score (nSPS) is 12.9. The molecule has 0 saturated carbocycles. The molecule has 1 aromatic carbocycles. The smallest absolute Gasteiger partial charge is 0.285 e. The molecular weight excluding hydrogens is 415 g/mol. The van der Waals surface area contributed by atoms with Gasteiger partial charge in [0.05, 0.1) is 19.8 Å². The number of benzene rings is 1. The van der Waals surface area contributed by atoms with Gasteiger partial charge in [-0.15, -0.1) is 0 Å². The standard InChI is InChI=1S/C29H51FO3/c1-5-9-10-11-12-13-17-27(18-15-14-16-26-19-21-28(30)22-20-26)29(31-23-6-2,32-24-7-3)33-25-8-4/h19-22,27H,5-18,23-25H2,1-4H3. The molecule has 1 unspecified atom stereocenters. The van der Waals surface area contributed by atoms with Gasteiger partial charge in [-0.1, -0.05) is 84.8 Å². The molecule has 0 bridgehead atoms. The third kappa shape index (κ3) is 12.9. The summed E-state index contributed by atoms with van der Waals surface area (Å²) in [6.45, 7) is 10.6. The Bertz CT molecular complexity index is 539. The first-order valence-electron chi connectivity index (χ1n) is 13.8. The lowest BCUT2D eigenvalue weighted by molar-refractivity contribution is -0.406. The average Bonchev–Trinajstić information content (AvgIpc) is 2.83. The molecule has 0 aliphatic heterocycles. The predicted molar refractivity (Wildman–Crippen MR) is 137 cm³/mol. The van der Waals surface area contributed by atoms with E-state index in [0.29, 0.717) is 19.8 Å². The maximum absolute atomic E-state index is 13.2. The molecule has 0 radical (unpaired) electrons. The lowest BCUT2D eigenvalue weighted by Gasteiger charge is -2.40. The van der Waals surface area contributed by atoms with E-state index in [2.05, 4.69) is 27.7 Å². The minimum Gasteiger partial charge on any atom is -0.327 e. The highest BCUT2D eigenvalue weighted by Crippen LogP contribution is 2.35. The topological polar surface area (TPSA) is 27.7 Å². The van der Waals surface area contributed by atoms with Crippen molar-refractivity contribution in [3.63, 3.8) is 0 Å². The van der Waals surface area contributed by atoms with Gasteiger partial charge in [0.1, 0.15) is 5.82 Å². The Morgan fingerprint density at radius 2 is 1.12 bits per heavy atom. The molecule has 4 heteroatoms. The van der Waals surface area contributed by atoms with Crippen LogP contribution in [0.5, 0.6) is 0 Å². The monoisotopic (exact) mass is 466 g/mol. The van der Waals surface area contributed by atoms with E-state index in [0.717, 1.165) is 51.4 Å². The number of rotatable bonds is 22. The molecule has 1 atom stereocenters. The van der Waals surface area contributed by atoms with Gasteiger partial charge in [0.15, 0.2) is 0 Å². The van der Waals surface area contributed by atoms with Crippen molar-refractivity contribution in [1.29, 1.82) is 0 Å². The first-order chi connectivity index (χ1) is 16.1. The second-order valence-electron chi connectivity index (χ2n) is 9.27. The molecule has 33 heavy (non-hydrogen) atoms. The van der Waals surface area contributed by atoms with Gasteiger partial charge >= 0.3 is 0 Å². The molecule has 1 aromatic rings. The predicted octanol–water partition coefficient (Wildman–Crippen LogP) is 8.84. The molecule has 3 nitrogen and oxygen atoms in total. The Morgan fingerprint density at radius 1 is 0.636 bits per heavy atom. The van der Waals surface area contributed by atoms with Crippen molar-refractivity contribution < 1.29 is 18.6 Å². The molecule has 1 rings (SSSR count). The molecule has 0 aliphatic carbocycles. The first kappa shape index (κ1) is 30.1. The van der Waals surface area contributed by atoms with Crippen molar-refractivity contribution in [2.45, 2.75) is 124 Å². The van der Waals surface area contributed by atoms with Crippen molar-refractivity contribution in [1.82, 2.24) is 0 Å². The summed E-state index contributed by atoms with van der Waals surface area (Å²) in [5.41, 5.74) is 1.20. The highest BCUT2D eigenvalue weighted by Gasteiger charge is 2.41. The van der Waals surface area contributed by atoms with E-state index in [-0.39, 0.29) is 11.7 Å². The van der Waals surface area contributed by atoms with Gasteiger partial charge in [0.25, 0.3) is 5.97 Å². The number of ether oxygens (including phenoxy) is 3. The van der Waals surface area contributed by atoms with Gasteiger partial charge in [0, 0.05) is 5.92 Å². The molecular formula is C29H51FO3. The molecule has 0 heterocycles. The molecule has 0 saturated heterocycles. The fourth-order valence-electron chi connectivity index (χ4n) is 4.25. The van der Waals surface area contributed by atoms with E-state index >= 15 is 0 Å². The molecule has 0 aliphatic rings. The molecule has 0 spiro atoms. The highest BCUT2D eigenvalue weighted by atomic mass is 19.1. The second kappa shape index (κ2) is 19.3. The summed E-state index contributed by atoms with van der Waals surface area (Å²) < 4.78 is 32.3. The number of hydrogen-bond donors (Lipinski definition) is 0. The van der Waals surface area contributed by atoms with Gasteiger partial charge in [-0.2, -0.15) is 0 Å². The van der Waals surface area contributed by atoms with E-state index in [1.165, 1.54) is 44.1 Å². The van der Waals surface area contributed by atoms with E-state index in [4.69, 9.17) is 14.2 Å². The zero-order chi connectivity index (χ0) is 24.2. The van der Waals surface area contributed by atoms with Gasteiger partial charge in [-0.05, 0) is 62.6 Å². The largest absolute Gasteiger partial charge is 0.327 e. The summed E-state index contributed by atoms with van der Waals surface area (Å²) in [6.07, 6.45) is 15.7. The average molecular weight is 467 g/mol. The van der Waals surface area contributed by atoms with Crippen LogP contribution >= 0.6 is 0 Å². The maximum atomic E-state index is 13.2. The summed E-state index contributed by atoms with van der Waals surface area (Å²) in [5.74, 6) is -0.875. The fourth-order valence-corrected chi connectivity index (χ4v) is 4.25. The van der Waals surface area contributed by atoms with Gasteiger partial charge in [-0.3, -0.25) is 0 Å². The highest BCUT2D eigenvalue weighted by molar-refractivity contribution is 5.15. The lowest BCUT2D eigenvalue weighted by atomic mass is 9.91. The van der Waals surface area contributed by atoms with Crippen LogP contribution in [0, 0.1) is 11.7 Å². The molecule has 0 N–H and O–H groups in total. The Balaban J connectivity index is 2.81. The maximum Gasteiger partial charge on any atom is 0.285 e. The quantitative estimate of drug-likeness (QED) is 0.126. The number of unbranched alkanes of at least 4 members (excludes halogenated alkanes) is 6. The SMILES string of the molecule is CCCCCCCCC(CCCCc1ccc(F)cc1)C(OCCC)(OCCC)OCCC. The molecule has 0 fully saturated rings. The van der Waals surface area contributed by atoms with E-state index in [1.54, 1.807) is 12.1 Å². The van der Waals surface area contributed by atoms with Gasteiger partial charge in [0.2, 0.25) is 0 Å². The Labute approximate surface area is 203 Å². The van der Waals surface area contributed by atoms with Crippen LogP contribution in [0.2, 0.25) is 0 Å². The summed E-state index contributed by atoms with van der Waals surface area (Å²) in [4.78, 5) is 0. The van der Waals surface area contributed by atoms with Crippen LogP contribution in [0.3, 0.4) is 0 Å². The van der Waals surface area contributed by atoms with Crippen LogP contribution in [0.4, 0.5) is 4.39 Å². The number of halogens is 1. The van der Waals surface area contributed by atoms with Crippen molar-refractivity contribution in [2.24, 2.45) is 5.92 Å². The fraction of sp³-hybridized carbons (Fsp3) is 0.793. The van der Waals surface area contributed by atoms with Crippen molar-refractivity contribution in [3.8, 4) is 0 Å². The number of aryl methyl sites for hydroxylation is 1. The van der Waals surface area contributed by atoms with Crippen LogP contribution in [0.1, 0.15) is 117 Å².